The van der Waals surface area contributed by atoms with E-state index in [2.05, 4.69) is 17.1 Å². The number of nitrogens with zero attached hydrogens (tertiary/aromatic N) is 3. The SMILES string of the molecule is Cc1nnc(Cl)n1C1CC1C. The van der Waals surface area contributed by atoms with E-state index in [4.69, 9.17) is 11.6 Å². The van der Waals surface area contributed by atoms with Crippen molar-refractivity contribution in [2.75, 3.05) is 0 Å². The van der Waals surface area contributed by atoms with Crippen molar-refractivity contribution in [1.82, 2.24) is 14.8 Å². The van der Waals surface area contributed by atoms with Gasteiger partial charge in [0.1, 0.15) is 5.82 Å². The Morgan fingerprint density at radius 1 is 1.55 bits per heavy atom. The number of halogens is 1. The van der Waals surface area contributed by atoms with Crippen LogP contribution in [-0.4, -0.2) is 14.8 Å². The van der Waals surface area contributed by atoms with Gasteiger partial charge in [0, 0.05) is 6.04 Å². The largest absolute Gasteiger partial charge is 0.299 e. The fourth-order valence-electron chi connectivity index (χ4n) is 1.38. The highest BCUT2D eigenvalue weighted by atomic mass is 35.5. The molecule has 3 nitrogen and oxygen atoms in total. The summed E-state index contributed by atoms with van der Waals surface area (Å²) in [5.41, 5.74) is 0. The summed E-state index contributed by atoms with van der Waals surface area (Å²) < 4.78 is 2.01. The molecule has 1 saturated carbocycles. The van der Waals surface area contributed by atoms with Crippen LogP contribution < -0.4 is 0 Å². The molecule has 60 valence electrons. The lowest BCUT2D eigenvalue weighted by atomic mass is 10.5. The first-order valence-corrected chi connectivity index (χ1v) is 4.15. The molecule has 0 N–H and O–H groups in total. The highest BCUT2D eigenvalue weighted by molar-refractivity contribution is 6.28. The molecule has 1 heterocycles. The summed E-state index contributed by atoms with van der Waals surface area (Å²) >= 11 is 5.83. The standard InChI is InChI=1S/C7H10ClN3/c1-4-3-6(4)11-5(2)9-10-7(11)8/h4,6H,3H2,1-2H3. The lowest BCUT2D eigenvalue weighted by Gasteiger charge is -2.01. The Hall–Kier alpha value is -0.570. The number of rotatable bonds is 1. The molecule has 1 fully saturated rings. The molecule has 0 aliphatic heterocycles. The van der Waals surface area contributed by atoms with Crippen LogP contribution in [0.1, 0.15) is 25.2 Å². The van der Waals surface area contributed by atoms with E-state index in [1.807, 2.05) is 11.5 Å². The summed E-state index contributed by atoms with van der Waals surface area (Å²) in [5, 5.41) is 8.21. The van der Waals surface area contributed by atoms with Crippen molar-refractivity contribution in [3.63, 3.8) is 0 Å². The minimum atomic E-state index is 0.525. The van der Waals surface area contributed by atoms with Gasteiger partial charge in [-0.05, 0) is 30.9 Å². The van der Waals surface area contributed by atoms with E-state index in [9.17, 15) is 0 Å². The van der Waals surface area contributed by atoms with Crippen LogP contribution in [0.2, 0.25) is 5.28 Å². The third kappa shape index (κ3) is 1.03. The minimum Gasteiger partial charge on any atom is -0.299 e. The first-order chi connectivity index (χ1) is 5.20. The molecule has 4 heteroatoms. The van der Waals surface area contributed by atoms with Crippen LogP contribution in [0.25, 0.3) is 0 Å². The van der Waals surface area contributed by atoms with E-state index in [0.29, 0.717) is 11.3 Å². The Morgan fingerprint density at radius 2 is 2.18 bits per heavy atom. The monoisotopic (exact) mass is 171 g/mol. The van der Waals surface area contributed by atoms with Gasteiger partial charge in [-0.3, -0.25) is 4.57 Å². The van der Waals surface area contributed by atoms with E-state index in [1.165, 1.54) is 6.42 Å². The molecule has 0 bridgehead atoms. The molecule has 1 aromatic rings. The average Bonchev–Trinajstić information content (AvgIpc) is 2.54. The fraction of sp³-hybridized carbons (Fsp3) is 0.714. The van der Waals surface area contributed by atoms with Crippen molar-refractivity contribution in [3.05, 3.63) is 11.1 Å². The van der Waals surface area contributed by atoms with Crippen LogP contribution in [0.5, 0.6) is 0 Å². The smallest absolute Gasteiger partial charge is 0.225 e. The molecule has 0 aromatic carbocycles. The van der Waals surface area contributed by atoms with Gasteiger partial charge in [-0.25, -0.2) is 0 Å². The molecule has 2 unspecified atom stereocenters. The second-order valence-electron chi connectivity index (χ2n) is 3.17. The maximum absolute atomic E-state index is 5.83. The molecule has 1 aliphatic rings. The van der Waals surface area contributed by atoms with Crippen LogP contribution in [0.15, 0.2) is 0 Å². The highest BCUT2D eigenvalue weighted by Gasteiger charge is 2.36. The van der Waals surface area contributed by atoms with Gasteiger partial charge >= 0.3 is 0 Å². The van der Waals surface area contributed by atoms with Crippen molar-refractivity contribution in [2.24, 2.45) is 5.92 Å². The summed E-state index contributed by atoms with van der Waals surface area (Å²) in [5.74, 6) is 1.66. The van der Waals surface area contributed by atoms with Gasteiger partial charge in [-0.15, -0.1) is 10.2 Å². The second kappa shape index (κ2) is 2.21. The summed E-state index contributed by atoms with van der Waals surface area (Å²) in [6, 6.07) is 0.553. The lowest BCUT2D eigenvalue weighted by Crippen LogP contribution is -1.98. The highest BCUT2D eigenvalue weighted by Crippen LogP contribution is 2.44. The third-order valence-electron chi connectivity index (χ3n) is 2.22. The van der Waals surface area contributed by atoms with E-state index >= 15 is 0 Å². The van der Waals surface area contributed by atoms with E-state index in [0.717, 1.165) is 11.7 Å². The zero-order chi connectivity index (χ0) is 8.01. The Bertz CT molecular complexity index is 262. The van der Waals surface area contributed by atoms with Crippen molar-refractivity contribution >= 4 is 11.6 Å². The molecule has 0 spiro atoms. The van der Waals surface area contributed by atoms with Crippen LogP contribution in [-0.2, 0) is 0 Å². The molecule has 11 heavy (non-hydrogen) atoms. The first-order valence-electron chi connectivity index (χ1n) is 3.77. The Morgan fingerprint density at radius 3 is 2.55 bits per heavy atom. The van der Waals surface area contributed by atoms with Crippen molar-refractivity contribution in [1.29, 1.82) is 0 Å². The number of aromatic nitrogens is 3. The quantitative estimate of drug-likeness (QED) is 0.646. The molecule has 2 atom stereocenters. The Balaban J connectivity index is 2.36. The Kier molecular flexibility index (Phi) is 1.42. The van der Waals surface area contributed by atoms with E-state index in [-0.39, 0.29) is 0 Å². The molecule has 0 radical (unpaired) electrons. The van der Waals surface area contributed by atoms with Crippen LogP contribution in [0.3, 0.4) is 0 Å². The zero-order valence-electron chi connectivity index (χ0n) is 6.58. The minimum absolute atomic E-state index is 0.525. The first kappa shape index (κ1) is 7.10. The van der Waals surface area contributed by atoms with Crippen LogP contribution in [0, 0.1) is 12.8 Å². The van der Waals surface area contributed by atoms with Crippen LogP contribution >= 0.6 is 11.6 Å². The molecule has 2 rings (SSSR count). The maximum atomic E-state index is 5.83. The second-order valence-corrected chi connectivity index (χ2v) is 3.50. The molecule has 1 aliphatic carbocycles. The predicted molar refractivity (Wildman–Crippen MR) is 42.6 cm³/mol. The fourth-order valence-corrected chi connectivity index (χ4v) is 1.67. The molecule has 1 aromatic heterocycles. The zero-order valence-corrected chi connectivity index (χ0v) is 7.34. The normalized spacial score (nSPS) is 29.0. The van der Waals surface area contributed by atoms with Crippen molar-refractivity contribution in [2.45, 2.75) is 26.3 Å². The van der Waals surface area contributed by atoms with E-state index in [1.54, 1.807) is 0 Å². The van der Waals surface area contributed by atoms with Crippen molar-refractivity contribution in [3.8, 4) is 0 Å². The average molecular weight is 172 g/mol. The van der Waals surface area contributed by atoms with Gasteiger partial charge in [0.05, 0.1) is 0 Å². The summed E-state index contributed by atoms with van der Waals surface area (Å²) in [6.45, 7) is 4.14. The van der Waals surface area contributed by atoms with Gasteiger partial charge in [0.25, 0.3) is 0 Å². The van der Waals surface area contributed by atoms with Gasteiger partial charge < -0.3 is 0 Å². The topological polar surface area (TPSA) is 30.7 Å². The number of aryl methyl sites for hydroxylation is 1. The molecule has 0 saturated heterocycles. The lowest BCUT2D eigenvalue weighted by molar-refractivity contribution is 0.662. The van der Waals surface area contributed by atoms with Gasteiger partial charge in [-0.1, -0.05) is 6.92 Å². The molecular formula is C7H10ClN3. The van der Waals surface area contributed by atoms with Gasteiger partial charge in [0.2, 0.25) is 5.28 Å². The predicted octanol–water partition coefficient (Wildman–Crippen LogP) is 1.82. The number of hydrogen-bond donors (Lipinski definition) is 0. The number of hydrogen-bond acceptors (Lipinski definition) is 2. The van der Waals surface area contributed by atoms with E-state index < -0.39 is 0 Å². The maximum Gasteiger partial charge on any atom is 0.225 e. The molecular weight excluding hydrogens is 162 g/mol. The van der Waals surface area contributed by atoms with Crippen LogP contribution in [0.4, 0.5) is 0 Å². The van der Waals surface area contributed by atoms with Gasteiger partial charge in [0.15, 0.2) is 0 Å². The van der Waals surface area contributed by atoms with Crippen molar-refractivity contribution < 1.29 is 0 Å². The Labute approximate surface area is 70.4 Å². The summed E-state index contributed by atoms with van der Waals surface area (Å²) in [6.07, 6.45) is 1.21. The third-order valence-corrected chi connectivity index (χ3v) is 2.48. The van der Waals surface area contributed by atoms with Gasteiger partial charge in [-0.2, -0.15) is 0 Å². The summed E-state index contributed by atoms with van der Waals surface area (Å²) in [7, 11) is 0. The summed E-state index contributed by atoms with van der Waals surface area (Å²) in [4.78, 5) is 0. The molecule has 0 amide bonds.